The van der Waals surface area contributed by atoms with Gasteiger partial charge in [0.15, 0.2) is 0 Å². The summed E-state index contributed by atoms with van der Waals surface area (Å²) in [6.45, 7) is 0. The molecule has 0 aliphatic rings. The molecule has 68 heavy (non-hydrogen) atoms. The zero-order chi connectivity index (χ0) is 45.0. The Balaban J connectivity index is 1.00. The van der Waals surface area contributed by atoms with E-state index < -0.39 is 0 Å². The highest BCUT2D eigenvalue weighted by Gasteiger charge is 2.24. The Morgan fingerprint density at radius 1 is 0.206 bits per heavy atom. The van der Waals surface area contributed by atoms with Gasteiger partial charge < -0.3 is 9.13 Å². The Bertz CT molecular complexity index is 3700. The third-order valence-electron chi connectivity index (χ3n) is 13.7. The van der Waals surface area contributed by atoms with Crippen molar-refractivity contribution in [2.75, 3.05) is 0 Å². The lowest BCUT2D eigenvalue weighted by Gasteiger charge is -2.16. The SMILES string of the molecule is c1ccc(-c2ccc3c(c2)c(-c2ccccc2)c(-c2ccccc2)n3-c2ccc3c(ccc4cc(-n5c(-c6ccccc6)c(-c6ccccc6)c6cc(-c7ccccc7)ccc65)ccc43)c2)cc1. The van der Waals surface area contributed by atoms with E-state index in [2.05, 4.69) is 276 Å². The molecule has 0 saturated carbocycles. The van der Waals surface area contributed by atoms with E-state index in [4.69, 9.17) is 0 Å². The minimum atomic E-state index is 1.13. The lowest BCUT2D eigenvalue weighted by Crippen LogP contribution is -1.99. The van der Waals surface area contributed by atoms with Gasteiger partial charge in [0.2, 0.25) is 0 Å². The van der Waals surface area contributed by atoms with Crippen LogP contribution in [0.2, 0.25) is 0 Å². The van der Waals surface area contributed by atoms with Gasteiger partial charge in [-0.3, -0.25) is 0 Å². The second-order valence-corrected chi connectivity index (χ2v) is 17.7. The molecule has 13 aromatic rings. The molecule has 318 valence electrons. The van der Waals surface area contributed by atoms with E-state index in [9.17, 15) is 0 Å². The molecule has 0 aliphatic carbocycles. The first kappa shape index (κ1) is 39.4. The molecule has 11 aromatic carbocycles. The Hall–Kier alpha value is -8.98. The second kappa shape index (κ2) is 16.5. The van der Waals surface area contributed by atoms with Crippen LogP contribution in [0.15, 0.2) is 267 Å². The van der Waals surface area contributed by atoms with E-state index in [0.29, 0.717) is 0 Å². The molecular formula is C66H44N2. The summed E-state index contributed by atoms with van der Waals surface area (Å²) >= 11 is 0. The number of hydrogen-bond donors (Lipinski definition) is 0. The largest absolute Gasteiger partial charge is 0.309 e. The first-order valence-electron chi connectivity index (χ1n) is 23.4. The van der Waals surface area contributed by atoms with Gasteiger partial charge in [-0.25, -0.2) is 0 Å². The third-order valence-corrected chi connectivity index (χ3v) is 13.7. The number of nitrogens with zero attached hydrogens (tertiary/aromatic N) is 2. The van der Waals surface area contributed by atoms with Crippen molar-refractivity contribution in [1.82, 2.24) is 9.13 Å². The monoisotopic (exact) mass is 864 g/mol. The number of rotatable bonds is 8. The van der Waals surface area contributed by atoms with Crippen molar-refractivity contribution in [3.05, 3.63) is 267 Å². The van der Waals surface area contributed by atoms with Gasteiger partial charge in [-0.1, -0.05) is 218 Å². The normalized spacial score (nSPS) is 11.5. The van der Waals surface area contributed by atoms with E-state index in [1.165, 1.54) is 110 Å². The van der Waals surface area contributed by atoms with Crippen LogP contribution in [0.5, 0.6) is 0 Å². The Morgan fingerprint density at radius 3 is 0.882 bits per heavy atom. The van der Waals surface area contributed by atoms with Crippen molar-refractivity contribution >= 4 is 43.4 Å². The Morgan fingerprint density at radius 2 is 0.529 bits per heavy atom. The Labute approximate surface area is 395 Å². The summed E-state index contributed by atoms with van der Waals surface area (Å²) in [5.74, 6) is 0. The summed E-state index contributed by atoms with van der Waals surface area (Å²) in [7, 11) is 0. The van der Waals surface area contributed by atoms with Gasteiger partial charge in [0, 0.05) is 33.3 Å². The highest BCUT2D eigenvalue weighted by molar-refractivity contribution is 6.12. The molecule has 2 nitrogen and oxygen atoms in total. The van der Waals surface area contributed by atoms with Crippen LogP contribution in [-0.2, 0) is 0 Å². The van der Waals surface area contributed by atoms with Crippen LogP contribution >= 0.6 is 0 Å². The number of fused-ring (bicyclic) bond motifs is 5. The van der Waals surface area contributed by atoms with Crippen molar-refractivity contribution < 1.29 is 0 Å². The van der Waals surface area contributed by atoms with Crippen molar-refractivity contribution in [3.8, 4) is 78.4 Å². The fourth-order valence-corrected chi connectivity index (χ4v) is 10.6. The average molecular weight is 865 g/mol. The molecule has 0 bridgehead atoms. The summed E-state index contributed by atoms with van der Waals surface area (Å²) in [5, 5.41) is 7.29. The maximum atomic E-state index is 2.48. The number of hydrogen-bond acceptors (Lipinski definition) is 0. The van der Waals surface area contributed by atoms with Gasteiger partial charge in [-0.15, -0.1) is 0 Å². The predicted octanol–water partition coefficient (Wildman–Crippen LogP) is 17.9. The smallest absolute Gasteiger partial charge is 0.0619 e. The van der Waals surface area contributed by atoms with Crippen LogP contribution in [0.25, 0.3) is 122 Å². The lowest BCUT2D eigenvalue weighted by molar-refractivity contribution is 1.14. The molecule has 2 heteroatoms. The first-order valence-corrected chi connectivity index (χ1v) is 23.4. The third kappa shape index (κ3) is 6.65. The van der Waals surface area contributed by atoms with Crippen molar-refractivity contribution in [3.63, 3.8) is 0 Å². The van der Waals surface area contributed by atoms with Crippen molar-refractivity contribution in [2.45, 2.75) is 0 Å². The van der Waals surface area contributed by atoms with Gasteiger partial charge in [-0.05, 0) is 115 Å². The van der Waals surface area contributed by atoms with E-state index in [0.717, 1.165) is 11.4 Å². The zero-order valence-electron chi connectivity index (χ0n) is 37.3. The van der Waals surface area contributed by atoms with Crippen molar-refractivity contribution in [1.29, 1.82) is 0 Å². The fourth-order valence-electron chi connectivity index (χ4n) is 10.6. The molecule has 0 spiro atoms. The second-order valence-electron chi connectivity index (χ2n) is 17.7. The molecule has 2 aromatic heterocycles. The average Bonchev–Trinajstić information content (AvgIpc) is 3.95. The molecule has 0 N–H and O–H groups in total. The van der Waals surface area contributed by atoms with Crippen LogP contribution in [0.1, 0.15) is 0 Å². The van der Waals surface area contributed by atoms with Gasteiger partial charge in [0.1, 0.15) is 0 Å². The van der Waals surface area contributed by atoms with Crippen molar-refractivity contribution in [2.24, 2.45) is 0 Å². The molecule has 0 radical (unpaired) electrons. The lowest BCUT2D eigenvalue weighted by atomic mass is 9.96. The predicted molar refractivity (Wildman–Crippen MR) is 288 cm³/mol. The summed E-state index contributed by atoms with van der Waals surface area (Å²) in [6, 6.07) is 97.4. The molecule has 0 unspecified atom stereocenters. The minimum Gasteiger partial charge on any atom is -0.309 e. The van der Waals surface area contributed by atoms with Crippen LogP contribution in [-0.4, -0.2) is 9.13 Å². The van der Waals surface area contributed by atoms with E-state index in [1.54, 1.807) is 0 Å². The molecule has 13 rings (SSSR count). The maximum Gasteiger partial charge on any atom is 0.0619 e. The number of benzene rings is 11. The van der Waals surface area contributed by atoms with E-state index >= 15 is 0 Å². The molecule has 0 atom stereocenters. The summed E-state index contributed by atoms with van der Waals surface area (Å²) in [5.41, 5.74) is 19.0. The fraction of sp³-hybridized carbons (Fsp3) is 0. The van der Waals surface area contributed by atoms with Crippen LogP contribution in [0.4, 0.5) is 0 Å². The molecule has 0 aliphatic heterocycles. The summed E-state index contributed by atoms with van der Waals surface area (Å²) in [6.07, 6.45) is 0. The molecule has 0 amide bonds. The van der Waals surface area contributed by atoms with E-state index in [1.807, 2.05) is 0 Å². The minimum absolute atomic E-state index is 1.13. The van der Waals surface area contributed by atoms with Gasteiger partial charge in [0.25, 0.3) is 0 Å². The van der Waals surface area contributed by atoms with Gasteiger partial charge in [-0.2, -0.15) is 0 Å². The molecule has 0 saturated heterocycles. The Kier molecular flexibility index (Phi) is 9.54. The van der Waals surface area contributed by atoms with Crippen LogP contribution in [0.3, 0.4) is 0 Å². The van der Waals surface area contributed by atoms with Crippen LogP contribution < -0.4 is 0 Å². The highest BCUT2D eigenvalue weighted by atomic mass is 15.0. The van der Waals surface area contributed by atoms with Gasteiger partial charge in [0.05, 0.1) is 22.4 Å². The standard InChI is InChI=1S/C66H44N2/c1-7-19-45(20-8-1)51-33-39-61-59(43-51)63(47-23-11-3-12-24-47)65(49-27-15-5-16-28-49)67(61)55-35-37-57-53(41-55)31-32-54-42-56(36-38-58(54)57)68-62-40-34-52(46-21-9-2-10-22-46)44-60(62)64(48-25-13-4-14-26-48)66(68)50-29-17-6-18-30-50/h1-44H. The van der Waals surface area contributed by atoms with E-state index in [-0.39, 0.29) is 0 Å². The highest BCUT2D eigenvalue weighted by Crippen LogP contribution is 2.47. The summed E-state index contributed by atoms with van der Waals surface area (Å²) < 4.78 is 4.95. The molecule has 0 fully saturated rings. The van der Waals surface area contributed by atoms with Gasteiger partial charge >= 0.3 is 0 Å². The number of aromatic nitrogens is 2. The first-order chi connectivity index (χ1) is 33.7. The zero-order valence-corrected chi connectivity index (χ0v) is 37.3. The molecular weight excluding hydrogens is 821 g/mol. The summed E-state index contributed by atoms with van der Waals surface area (Å²) in [4.78, 5) is 0. The van der Waals surface area contributed by atoms with Crippen LogP contribution in [0, 0.1) is 0 Å². The topological polar surface area (TPSA) is 9.86 Å². The maximum absolute atomic E-state index is 2.48. The quantitative estimate of drug-likeness (QED) is 0.135. The molecule has 2 heterocycles.